The van der Waals surface area contributed by atoms with Crippen LogP contribution in [-0.4, -0.2) is 57.4 Å². The Morgan fingerprint density at radius 2 is 1.57 bits per heavy atom. The first-order chi connectivity index (χ1) is 20.4. The molecule has 0 amide bonds. The Hall–Kier alpha value is -3.32. The fourth-order valence-electron chi connectivity index (χ4n) is 4.17. The second-order valence-corrected chi connectivity index (χ2v) is 9.30. The van der Waals surface area contributed by atoms with Crippen molar-refractivity contribution in [3.8, 4) is 0 Å². The van der Waals surface area contributed by atoms with Crippen LogP contribution in [0.2, 0.25) is 0 Å². The van der Waals surface area contributed by atoms with Gasteiger partial charge in [-0.3, -0.25) is 0 Å². The van der Waals surface area contributed by atoms with E-state index in [-0.39, 0.29) is 0 Å². The zero-order valence-corrected chi connectivity index (χ0v) is 28.7. The van der Waals surface area contributed by atoms with Crippen molar-refractivity contribution in [1.29, 1.82) is 0 Å². The molecule has 1 aliphatic heterocycles. The van der Waals surface area contributed by atoms with E-state index in [4.69, 9.17) is 5.10 Å². The van der Waals surface area contributed by atoms with E-state index in [9.17, 15) is 0 Å². The molecule has 1 aromatic carbocycles. The lowest BCUT2D eigenvalue weighted by Crippen LogP contribution is -2.45. The van der Waals surface area contributed by atoms with E-state index in [1.165, 1.54) is 28.7 Å². The standard InChI is InChI=1S/C26H39N7.C3H8.C2H6.2C2H4/c1-7-10-23-17-22(19(4)18-33-26(9-3)28-20(5)31-33)11-12-24(23)25(8-2)30-29-21(6)32-15-13-27-14-16-32;1-3-2;3*1-2/h11-12,17-18,27H,7-10,13-16H2,1-6H3;3H2,1-2H3;1-2H3;2*1-2H2/b19-18+,29-21+,30-25+;;;;. The molecule has 0 saturated carbocycles. The van der Waals surface area contributed by atoms with Crippen molar-refractivity contribution >= 4 is 23.3 Å². The number of amidine groups is 1. The first-order valence-corrected chi connectivity index (χ1v) is 15.7. The number of hydrogen-bond donors (Lipinski definition) is 1. The largest absolute Gasteiger partial charge is 0.356 e. The summed E-state index contributed by atoms with van der Waals surface area (Å²) < 4.78 is 1.91. The van der Waals surface area contributed by atoms with Gasteiger partial charge in [-0.15, -0.1) is 31.4 Å². The summed E-state index contributed by atoms with van der Waals surface area (Å²) in [6.07, 6.45) is 7.13. The topological polar surface area (TPSA) is 70.7 Å². The van der Waals surface area contributed by atoms with Crippen molar-refractivity contribution in [2.24, 2.45) is 10.2 Å². The Morgan fingerprint density at radius 3 is 2.10 bits per heavy atom. The summed E-state index contributed by atoms with van der Waals surface area (Å²) in [7, 11) is 0. The Labute approximate surface area is 258 Å². The fraction of sp³-hybridized carbons (Fsp3) is 0.543. The van der Waals surface area contributed by atoms with Gasteiger partial charge in [-0.05, 0) is 50.3 Å². The van der Waals surface area contributed by atoms with Gasteiger partial charge in [0.1, 0.15) is 17.5 Å². The number of allylic oxidation sites excluding steroid dienone is 1. The SMILES string of the molecule is C=C.C=C.CC.CCC.CCCc1cc(/C(C)=C/n2nc(C)nc2CC)ccc1/C(CC)=N/N=C(\C)N1CCNCC1. The van der Waals surface area contributed by atoms with Crippen LogP contribution in [-0.2, 0) is 12.8 Å². The van der Waals surface area contributed by atoms with Crippen LogP contribution in [0.25, 0.3) is 11.8 Å². The summed E-state index contributed by atoms with van der Waals surface area (Å²) in [6, 6.07) is 6.70. The molecule has 1 fully saturated rings. The quantitative estimate of drug-likeness (QED) is 0.147. The highest BCUT2D eigenvalue weighted by atomic mass is 15.3. The summed E-state index contributed by atoms with van der Waals surface area (Å²) in [4.78, 5) is 6.81. The fourth-order valence-corrected chi connectivity index (χ4v) is 4.17. The highest BCUT2D eigenvalue weighted by Crippen LogP contribution is 2.23. The van der Waals surface area contributed by atoms with E-state index >= 15 is 0 Å². The molecule has 1 saturated heterocycles. The minimum Gasteiger partial charge on any atom is -0.356 e. The average Bonchev–Trinajstić information content (AvgIpc) is 3.40. The van der Waals surface area contributed by atoms with Gasteiger partial charge in [0, 0.05) is 44.4 Å². The third-order valence-electron chi connectivity index (χ3n) is 6.06. The van der Waals surface area contributed by atoms with Gasteiger partial charge in [-0.2, -0.15) is 10.2 Å². The molecular weight excluding hydrogens is 518 g/mol. The molecule has 1 aromatic heterocycles. The van der Waals surface area contributed by atoms with Gasteiger partial charge in [0.15, 0.2) is 0 Å². The number of hydrogen-bond acceptors (Lipinski definition) is 5. The van der Waals surface area contributed by atoms with Crippen molar-refractivity contribution < 1.29 is 0 Å². The number of benzene rings is 1. The molecule has 0 radical (unpaired) electrons. The Morgan fingerprint density at radius 1 is 0.976 bits per heavy atom. The summed E-state index contributed by atoms with van der Waals surface area (Å²) in [5.74, 6) is 2.78. The first-order valence-electron chi connectivity index (χ1n) is 15.7. The molecule has 0 aliphatic carbocycles. The zero-order valence-electron chi connectivity index (χ0n) is 28.7. The van der Waals surface area contributed by atoms with Crippen LogP contribution < -0.4 is 5.32 Å². The van der Waals surface area contributed by atoms with Crippen molar-refractivity contribution in [3.05, 3.63) is 72.9 Å². The lowest BCUT2D eigenvalue weighted by atomic mass is 9.94. The van der Waals surface area contributed by atoms with Crippen LogP contribution in [0, 0.1) is 6.92 Å². The second kappa shape index (κ2) is 25.4. The average molecular weight is 580 g/mol. The summed E-state index contributed by atoms with van der Waals surface area (Å²) in [5, 5.41) is 17.2. The molecule has 0 unspecified atom stereocenters. The minimum absolute atomic E-state index is 0.804. The molecule has 7 heteroatoms. The number of rotatable bonds is 8. The summed E-state index contributed by atoms with van der Waals surface area (Å²) in [6.45, 7) is 36.8. The van der Waals surface area contributed by atoms with Crippen LogP contribution >= 0.6 is 0 Å². The first kappa shape index (κ1) is 40.8. The van der Waals surface area contributed by atoms with Gasteiger partial charge in [-0.1, -0.05) is 79.5 Å². The van der Waals surface area contributed by atoms with Crippen molar-refractivity contribution in [1.82, 2.24) is 25.0 Å². The maximum atomic E-state index is 4.70. The molecule has 7 nitrogen and oxygen atoms in total. The van der Waals surface area contributed by atoms with Crippen molar-refractivity contribution in [2.75, 3.05) is 26.2 Å². The van der Waals surface area contributed by atoms with Gasteiger partial charge in [0.05, 0.1) is 5.71 Å². The Bertz CT molecular complexity index is 1070. The molecule has 0 atom stereocenters. The third-order valence-corrected chi connectivity index (χ3v) is 6.06. The molecule has 236 valence electrons. The molecule has 1 aliphatic rings. The van der Waals surface area contributed by atoms with Crippen LogP contribution in [0.15, 0.2) is 54.7 Å². The molecule has 2 aromatic rings. The van der Waals surface area contributed by atoms with Crippen molar-refractivity contribution in [2.45, 2.75) is 101 Å². The summed E-state index contributed by atoms with van der Waals surface area (Å²) >= 11 is 0. The molecule has 42 heavy (non-hydrogen) atoms. The van der Waals surface area contributed by atoms with Crippen LogP contribution in [0.3, 0.4) is 0 Å². The highest BCUT2D eigenvalue weighted by Gasteiger charge is 2.13. The van der Waals surface area contributed by atoms with Crippen LogP contribution in [0.1, 0.15) is 110 Å². The number of piperazine rings is 1. The molecule has 2 heterocycles. The number of aromatic nitrogens is 3. The molecular formula is C35H61N7. The minimum atomic E-state index is 0.804. The predicted octanol–water partition coefficient (Wildman–Crippen LogP) is 8.60. The van der Waals surface area contributed by atoms with E-state index in [0.29, 0.717) is 0 Å². The van der Waals surface area contributed by atoms with Gasteiger partial charge in [0.25, 0.3) is 0 Å². The van der Waals surface area contributed by atoms with E-state index in [1.54, 1.807) is 0 Å². The smallest absolute Gasteiger partial charge is 0.148 e. The Kier molecular flexibility index (Phi) is 24.7. The lowest BCUT2D eigenvalue weighted by molar-refractivity contribution is 0.355. The second-order valence-electron chi connectivity index (χ2n) is 9.30. The maximum absolute atomic E-state index is 4.70. The third kappa shape index (κ3) is 14.0. The van der Waals surface area contributed by atoms with Gasteiger partial charge >= 0.3 is 0 Å². The highest BCUT2D eigenvalue weighted by molar-refractivity contribution is 6.02. The van der Waals surface area contributed by atoms with E-state index < -0.39 is 0 Å². The normalized spacial score (nSPS) is 13.3. The number of aryl methyl sites for hydroxylation is 3. The molecule has 3 rings (SSSR count). The lowest BCUT2D eigenvalue weighted by Gasteiger charge is -2.28. The molecule has 0 spiro atoms. The number of nitrogens with zero attached hydrogens (tertiary/aromatic N) is 6. The van der Waals surface area contributed by atoms with Crippen LogP contribution in [0.4, 0.5) is 0 Å². The zero-order chi connectivity index (χ0) is 32.5. The maximum Gasteiger partial charge on any atom is 0.148 e. The Balaban J connectivity index is 0. The predicted molar refractivity (Wildman–Crippen MR) is 189 cm³/mol. The molecule has 1 N–H and O–H groups in total. The summed E-state index contributed by atoms with van der Waals surface area (Å²) in [5.41, 5.74) is 5.94. The van der Waals surface area contributed by atoms with Gasteiger partial charge in [0.2, 0.25) is 0 Å². The monoisotopic (exact) mass is 579 g/mol. The van der Waals surface area contributed by atoms with Gasteiger partial charge < -0.3 is 10.2 Å². The van der Waals surface area contributed by atoms with E-state index in [0.717, 1.165) is 75.1 Å². The van der Waals surface area contributed by atoms with Crippen molar-refractivity contribution in [3.63, 3.8) is 0 Å². The van der Waals surface area contributed by atoms with E-state index in [2.05, 4.69) is 125 Å². The van der Waals surface area contributed by atoms with E-state index in [1.807, 2.05) is 25.5 Å². The number of nitrogens with one attached hydrogen (secondary N) is 1. The van der Waals surface area contributed by atoms with Gasteiger partial charge in [-0.25, -0.2) is 9.67 Å². The van der Waals surface area contributed by atoms with Crippen LogP contribution in [0.5, 0.6) is 0 Å². The molecule has 0 bridgehead atoms.